The Morgan fingerprint density at radius 1 is 1.10 bits per heavy atom. The Balaban J connectivity index is 0.00000124. The highest BCUT2D eigenvalue weighted by Crippen LogP contribution is 2.27. The molecule has 0 radical (unpaired) electrons. The maximum Gasteiger partial charge on any atom is 0.573 e. The van der Waals surface area contributed by atoms with Gasteiger partial charge in [0, 0.05) is 43.1 Å². The minimum Gasteiger partial charge on any atom is -0.483 e. The Bertz CT molecular complexity index is 1290. The van der Waals surface area contributed by atoms with Crippen LogP contribution in [-0.4, -0.2) is 82.8 Å². The summed E-state index contributed by atoms with van der Waals surface area (Å²) in [4.78, 5) is 42.6. The molecular weight excluding hydrogens is 561 g/mol. The van der Waals surface area contributed by atoms with Crippen LogP contribution >= 0.6 is 11.3 Å². The van der Waals surface area contributed by atoms with Crippen molar-refractivity contribution in [1.82, 2.24) is 20.1 Å². The second-order valence-electron chi connectivity index (χ2n) is 10.2. The Morgan fingerprint density at radius 2 is 1.73 bits per heavy atom. The largest absolute Gasteiger partial charge is 0.573 e. The van der Waals surface area contributed by atoms with Crippen molar-refractivity contribution in [2.45, 2.75) is 57.5 Å². The SMILES string of the molecule is Cc1cc2[nH]c(C(=O)NC3CCN(C4CCN(C(=O)Cc5ccc(OC(F)(F)F)cc5)CC4)CC3)cc2s1.O=CO. The number of hydrogen-bond donors (Lipinski definition) is 3. The fourth-order valence-corrected chi connectivity index (χ4v) is 6.34. The lowest BCUT2D eigenvalue weighted by molar-refractivity contribution is -0.274. The maximum atomic E-state index is 12.7. The van der Waals surface area contributed by atoms with Crippen LogP contribution in [0.1, 0.15) is 46.6 Å². The molecule has 0 atom stereocenters. The Hall–Kier alpha value is -3.58. The molecule has 5 rings (SSSR count). The number of likely N-dealkylation sites (tertiary alicyclic amines) is 2. The van der Waals surface area contributed by atoms with Gasteiger partial charge < -0.3 is 29.9 Å². The third-order valence-corrected chi connectivity index (χ3v) is 8.38. The lowest BCUT2D eigenvalue weighted by atomic mass is 9.97. The summed E-state index contributed by atoms with van der Waals surface area (Å²) in [5.41, 5.74) is 2.27. The van der Waals surface area contributed by atoms with Gasteiger partial charge in [0.05, 0.1) is 16.6 Å². The highest BCUT2D eigenvalue weighted by Gasteiger charge is 2.32. The van der Waals surface area contributed by atoms with Crippen LogP contribution in [0.4, 0.5) is 13.2 Å². The smallest absolute Gasteiger partial charge is 0.483 e. The number of piperidine rings is 2. The van der Waals surface area contributed by atoms with Crippen LogP contribution in [0, 0.1) is 6.92 Å². The van der Waals surface area contributed by atoms with Crippen molar-refractivity contribution in [3.8, 4) is 5.75 Å². The standard InChI is InChI=1S/C27H31F3N4O3S.CH2O2/c1-17-14-22-24(38-17)16-23(32-22)26(36)31-19-6-10-33(11-7-19)20-8-12-34(13-9-20)25(35)15-18-2-4-21(5-3-18)37-27(28,29)30;2-1-3/h2-5,14,16,19-20,32H,6-13,15H2,1H3,(H,31,36);1H,(H,2,3). The van der Waals surface area contributed by atoms with Crippen molar-refractivity contribution in [2.75, 3.05) is 26.2 Å². The number of benzene rings is 1. The van der Waals surface area contributed by atoms with Gasteiger partial charge in [0.1, 0.15) is 11.4 Å². The fraction of sp³-hybridized carbons (Fsp3) is 0.464. The zero-order chi connectivity index (χ0) is 29.6. The number of halogens is 3. The normalized spacial score (nSPS) is 17.1. The van der Waals surface area contributed by atoms with Gasteiger partial charge in [-0.2, -0.15) is 0 Å². The molecule has 0 bridgehead atoms. The quantitative estimate of drug-likeness (QED) is 0.361. The van der Waals surface area contributed by atoms with Crippen molar-refractivity contribution < 1.29 is 37.4 Å². The molecule has 9 nitrogen and oxygen atoms in total. The molecular formula is C28H33F3N4O5S. The molecule has 2 aliphatic heterocycles. The number of nitrogens with zero attached hydrogens (tertiary/aromatic N) is 2. The summed E-state index contributed by atoms with van der Waals surface area (Å²) in [6.07, 6.45) is -1.01. The number of aryl methyl sites for hydroxylation is 1. The molecule has 2 fully saturated rings. The van der Waals surface area contributed by atoms with E-state index in [4.69, 9.17) is 9.90 Å². The molecule has 41 heavy (non-hydrogen) atoms. The molecule has 4 heterocycles. The van der Waals surface area contributed by atoms with E-state index in [1.54, 1.807) is 11.3 Å². The van der Waals surface area contributed by atoms with Crippen LogP contribution in [-0.2, 0) is 16.0 Å². The Morgan fingerprint density at radius 3 is 2.32 bits per heavy atom. The average molecular weight is 595 g/mol. The minimum absolute atomic E-state index is 0.0197. The van der Waals surface area contributed by atoms with Crippen molar-refractivity contribution in [1.29, 1.82) is 0 Å². The highest BCUT2D eigenvalue weighted by molar-refractivity contribution is 7.19. The van der Waals surface area contributed by atoms with Gasteiger partial charge in [0.25, 0.3) is 12.4 Å². The van der Waals surface area contributed by atoms with E-state index in [2.05, 4.69) is 32.9 Å². The molecule has 222 valence electrons. The third-order valence-electron chi connectivity index (χ3n) is 7.38. The summed E-state index contributed by atoms with van der Waals surface area (Å²) in [7, 11) is 0. The number of alkyl halides is 3. The molecule has 0 saturated carbocycles. The van der Waals surface area contributed by atoms with Crippen molar-refractivity contribution >= 4 is 39.8 Å². The number of hydrogen-bond acceptors (Lipinski definition) is 6. The minimum atomic E-state index is -4.73. The van der Waals surface area contributed by atoms with Crippen molar-refractivity contribution in [3.05, 3.63) is 52.5 Å². The van der Waals surface area contributed by atoms with Crippen LogP contribution in [0.2, 0.25) is 0 Å². The summed E-state index contributed by atoms with van der Waals surface area (Å²) in [6, 6.07) is 9.99. The number of carbonyl (C=O) groups is 3. The molecule has 0 spiro atoms. The molecule has 2 aromatic heterocycles. The van der Waals surface area contributed by atoms with E-state index in [9.17, 15) is 22.8 Å². The summed E-state index contributed by atoms with van der Waals surface area (Å²) in [5.74, 6) is -0.371. The van der Waals surface area contributed by atoms with Crippen LogP contribution in [0.25, 0.3) is 10.2 Å². The number of H-pyrrole nitrogens is 1. The van der Waals surface area contributed by atoms with Crippen LogP contribution in [0.15, 0.2) is 36.4 Å². The first-order valence-corrected chi connectivity index (χ1v) is 14.2. The van der Waals surface area contributed by atoms with Crippen molar-refractivity contribution in [2.24, 2.45) is 0 Å². The first-order valence-electron chi connectivity index (χ1n) is 13.4. The van der Waals surface area contributed by atoms with Crippen LogP contribution < -0.4 is 10.1 Å². The van der Waals surface area contributed by atoms with Gasteiger partial charge in [-0.1, -0.05) is 12.1 Å². The fourth-order valence-electron chi connectivity index (χ4n) is 5.42. The number of ether oxygens (including phenoxy) is 1. The highest BCUT2D eigenvalue weighted by atomic mass is 32.1. The number of rotatable bonds is 6. The molecule has 0 unspecified atom stereocenters. The summed E-state index contributed by atoms with van der Waals surface area (Å²) < 4.78 is 42.0. The number of carboxylic acid groups (broad SMARTS) is 1. The van der Waals surface area contributed by atoms with E-state index >= 15 is 0 Å². The lowest BCUT2D eigenvalue weighted by Gasteiger charge is -2.42. The predicted molar refractivity (Wildman–Crippen MR) is 148 cm³/mol. The summed E-state index contributed by atoms with van der Waals surface area (Å²) in [5, 5.41) is 10.1. The summed E-state index contributed by atoms with van der Waals surface area (Å²) in [6.45, 7) is 4.96. The topological polar surface area (TPSA) is 115 Å². The maximum absolute atomic E-state index is 12.7. The zero-order valence-corrected chi connectivity index (χ0v) is 23.4. The number of thiophene rings is 1. The van der Waals surface area contributed by atoms with Crippen LogP contribution in [0.5, 0.6) is 5.75 Å². The first-order chi connectivity index (χ1) is 19.5. The lowest BCUT2D eigenvalue weighted by Crippen LogP contribution is -2.52. The van der Waals surface area contributed by atoms with Gasteiger partial charge in [-0.25, -0.2) is 0 Å². The Labute approximate surface area is 239 Å². The predicted octanol–water partition coefficient (Wildman–Crippen LogP) is 4.57. The van der Waals surface area contributed by atoms with E-state index in [0.717, 1.165) is 49.0 Å². The third kappa shape index (κ3) is 8.46. The number of nitrogens with one attached hydrogen (secondary N) is 2. The number of fused-ring (bicyclic) bond motifs is 1. The first kappa shape index (κ1) is 30.4. The zero-order valence-electron chi connectivity index (χ0n) is 22.6. The van der Waals surface area contributed by atoms with Gasteiger partial charge in [0.2, 0.25) is 5.91 Å². The number of carbonyl (C=O) groups excluding carboxylic acids is 2. The molecule has 1 aromatic carbocycles. The molecule has 2 saturated heterocycles. The van der Waals surface area contributed by atoms with E-state index < -0.39 is 6.36 Å². The van der Waals surface area contributed by atoms with E-state index in [1.807, 2.05) is 11.0 Å². The second kappa shape index (κ2) is 13.4. The van der Waals surface area contributed by atoms with Gasteiger partial charge in [-0.3, -0.25) is 14.4 Å². The molecule has 3 N–H and O–H groups in total. The Kier molecular flexibility index (Phi) is 9.92. The van der Waals surface area contributed by atoms with Crippen molar-refractivity contribution in [3.63, 3.8) is 0 Å². The molecule has 2 aliphatic rings. The number of aromatic nitrogens is 1. The van der Waals surface area contributed by atoms with Gasteiger partial charge in [-0.05, 0) is 62.4 Å². The summed E-state index contributed by atoms with van der Waals surface area (Å²) >= 11 is 1.68. The molecule has 3 aromatic rings. The van der Waals surface area contributed by atoms with E-state index in [-0.39, 0.29) is 36.5 Å². The average Bonchev–Trinajstić information content (AvgIpc) is 3.48. The van der Waals surface area contributed by atoms with Crippen LogP contribution in [0.3, 0.4) is 0 Å². The monoisotopic (exact) mass is 594 g/mol. The van der Waals surface area contributed by atoms with Gasteiger partial charge >= 0.3 is 6.36 Å². The van der Waals surface area contributed by atoms with E-state index in [0.29, 0.717) is 30.4 Å². The molecule has 13 heteroatoms. The second-order valence-corrected chi connectivity index (χ2v) is 11.5. The van der Waals surface area contributed by atoms with Gasteiger partial charge in [-0.15, -0.1) is 24.5 Å². The van der Waals surface area contributed by atoms with E-state index in [1.165, 1.54) is 29.1 Å². The molecule has 2 amide bonds. The number of amides is 2. The molecule has 0 aliphatic carbocycles. The van der Waals surface area contributed by atoms with Gasteiger partial charge in [0.15, 0.2) is 0 Å². The number of aromatic amines is 1.